The number of ether oxygens (including phenoxy) is 1. The Morgan fingerprint density at radius 1 is 1.00 bits per heavy atom. The van der Waals surface area contributed by atoms with Crippen LogP contribution in [0.15, 0.2) is 60.9 Å². The lowest BCUT2D eigenvalue weighted by molar-refractivity contribution is 0.341. The summed E-state index contributed by atoms with van der Waals surface area (Å²) in [6.45, 7) is 0. The van der Waals surface area contributed by atoms with Crippen molar-refractivity contribution in [3.8, 4) is 10.4 Å². The highest BCUT2D eigenvalue weighted by atomic mass is 32.1. The van der Waals surface area contributed by atoms with Crippen LogP contribution >= 0.6 is 11.3 Å². The molecule has 19 heavy (non-hydrogen) atoms. The minimum atomic E-state index is 1.18. The quantitative estimate of drug-likeness (QED) is 0.593. The van der Waals surface area contributed by atoms with Crippen LogP contribution in [0.3, 0.4) is 0 Å². The van der Waals surface area contributed by atoms with Gasteiger partial charge in [-0.2, -0.15) is 0 Å². The van der Waals surface area contributed by atoms with E-state index in [-0.39, 0.29) is 0 Å². The summed E-state index contributed by atoms with van der Waals surface area (Å²) in [4.78, 5) is 1.29. The Kier molecular flexibility index (Phi) is 3.34. The zero-order valence-electron chi connectivity index (χ0n) is 10.7. The largest absolute Gasteiger partial charge is 0.504 e. The molecule has 3 rings (SSSR count). The van der Waals surface area contributed by atoms with Crippen molar-refractivity contribution in [2.24, 2.45) is 0 Å². The van der Waals surface area contributed by atoms with E-state index in [2.05, 4.69) is 48.5 Å². The van der Waals surface area contributed by atoms with Crippen LogP contribution in [-0.2, 0) is 4.74 Å². The maximum absolute atomic E-state index is 5.02. The SMILES string of the molecule is CO/C=C/c1ccccc1-c1cc2ccccc2s1. The van der Waals surface area contributed by atoms with Gasteiger partial charge in [0.25, 0.3) is 0 Å². The molecule has 0 radical (unpaired) electrons. The van der Waals surface area contributed by atoms with Crippen LogP contribution in [0, 0.1) is 0 Å². The monoisotopic (exact) mass is 266 g/mol. The van der Waals surface area contributed by atoms with Gasteiger partial charge in [-0.3, -0.25) is 0 Å². The van der Waals surface area contributed by atoms with Gasteiger partial charge >= 0.3 is 0 Å². The molecule has 0 N–H and O–H groups in total. The molecule has 0 saturated carbocycles. The summed E-state index contributed by atoms with van der Waals surface area (Å²) in [5.74, 6) is 0. The Labute approximate surface area is 116 Å². The average molecular weight is 266 g/mol. The smallest absolute Gasteiger partial charge is 0.0830 e. The third kappa shape index (κ3) is 2.40. The molecule has 0 aliphatic carbocycles. The molecule has 1 aromatic heterocycles. The number of rotatable bonds is 3. The summed E-state index contributed by atoms with van der Waals surface area (Å²) in [5, 5.41) is 1.30. The molecule has 0 unspecified atom stereocenters. The molecule has 0 spiro atoms. The van der Waals surface area contributed by atoms with Crippen LogP contribution in [0.5, 0.6) is 0 Å². The molecule has 1 nitrogen and oxygen atoms in total. The van der Waals surface area contributed by atoms with E-state index in [0.717, 1.165) is 0 Å². The maximum Gasteiger partial charge on any atom is 0.0830 e. The van der Waals surface area contributed by atoms with Gasteiger partial charge in [0.15, 0.2) is 0 Å². The van der Waals surface area contributed by atoms with Crippen LogP contribution in [-0.4, -0.2) is 7.11 Å². The lowest BCUT2D eigenvalue weighted by Gasteiger charge is -2.02. The van der Waals surface area contributed by atoms with E-state index in [1.807, 2.05) is 23.5 Å². The van der Waals surface area contributed by atoms with Gasteiger partial charge in [-0.1, -0.05) is 42.5 Å². The van der Waals surface area contributed by atoms with Crippen molar-refractivity contribution >= 4 is 27.5 Å². The summed E-state index contributed by atoms with van der Waals surface area (Å²) >= 11 is 1.82. The predicted octanol–water partition coefficient (Wildman–Crippen LogP) is 5.19. The van der Waals surface area contributed by atoms with Crippen molar-refractivity contribution in [3.63, 3.8) is 0 Å². The van der Waals surface area contributed by atoms with Crippen molar-refractivity contribution in [1.82, 2.24) is 0 Å². The standard InChI is InChI=1S/C17H14OS/c1-18-11-10-13-6-2-4-8-15(13)17-12-14-7-3-5-9-16(14)19-17/h2-12H,1H3/b11-10+. The van der Waals surface area contributed by atoms with Crippen LogP contribution in [0.2, 0.25) is 0 Å². The van der Waals surface area contributed by atoms with Crippen molar-refractivity contribution in [2.75, 3.05) is 7.11 Å². The first-order valence-corrected chi connectivity index (χ1v) is 6.97. The van der Waals surface area contributed by atoms with Crippen LogP contribution in [0.25, 0.3) is 26.6 Å². The first-order valence-electron chi connectivity index (χ1n) is 6.16. The molecular weight excluding hydrogens is 252 g/mol. The second kappa shape index (κ2) is 5.29. The molecule has 3 aromatic rings. The number of methoxy groups -OCH3 is 1. The van der Waals surface area contributed by atoms with Gasteiger partial charge in [-0.25, -0.2) is 0 Å². The first kappa shape index (κ1) is 12.0. The minimum Gasteiger partial charge on any atom is -0.504 e. The van der Waals surface area contributed by atoms with Crippen LogP contribution < -0.4 is 0 Å². The summed E-state index contributed by atoms with van der Waals surface area (Å²) in [5.41, 5.74) is 2.42. The Balaban J connectivity index is 2.13. The third-order valence-electron chi connectivity index (χ3n) is 3.04. The molecular formula is C17H14OS. The number of hydrogen-bond acceptors (Lipinski definition) is 2. The molecule has 0 saturated heterocycles. The van der Waals surface area contributed by atoms with Crippen molar-refractivity contribution in [3.05, 3.63) is 66.4 Å². The van der Waals surface area contributed by atoms with Crippen molar-refractivity contribution < 1.29 is 4.74 Å². The minimum absolute atomic E-state index is 1.18. The maximum atomic E-state index is 5.02. The molecule has 2 aromatic carbocycles. The Morgan fingerprint density at radius 3 is 2.63 bits per heavy atom. The van der Waals surface area contributed by atoms with E-state index in [1.54, 1.807) is 13.4 Å². The van der Waals surface area contributed by atoms with Gasteiger partial charge in [-0.15, -0.1) is 11.3 Å². The number of thiophene rings is 1. The normalized spacial score (nSPS) is 11.2. The van der Waals surface area contributed by atoms with Gasteiger partial charge in [0.05, 0.1) is 13.4 Å². The predicted molar refractivity (Wildman–Crippen MR) is 83.3 cm³/mol. The fourth-order valence-corrected chi connectivity index (χ4v) is 3.23. The van der Waals surface area contributed by atoms with E-state index in [1.165, 1.54) is 26.1 Å². The highest BCUT2D eigenvalue weighted by Crippen LogP contribution is 2.35. The molecule has 2 heteroatoms. The molecule has 0 aliphatic rings. The fraction of sp³-hybridized carbons (Fsp3) is 0.0588. The van der Waals surface area contributed by atoms with E-state index < -0.39 is 0 Å². The third-order valence-corrected chi connectivity index (χ3v) is 4.18. The highest BCUT2D eigenvalue weighted by Gasteiger charge is 2.06. The Hall–Kier alpha value is -2.06. The summed E-state index contributed by atoms with van der Waals surface area (Å²) in [6, 6.07) is 19.1. The zero-order valence-corrected chi connectivity index (χ0v) is 11.5. The summed E-state index contributed by atoms with van der Waals surface area (Å²) in [6.07, 6.45) is 3.71. The van der Waals surface area contributed by atoms with Gasteiger partial charge < -0.3 is 4.74 Å². The second-order valence-corrected chi connectivity index (χ2v) is 5.36. The number of fused-ring (bicyclic) bond motifs is 1. The molecule has 94 valence electrons. The molecule has 1 heterocycles. The Morgan fingerprint density at radius 2 is 1.79 bits per heavy atom. The van der Waals surface area contributed by atoms with Crippen LogP contribution in [0.4, 0.5) is 0 Å². The van der Waals surface area contributed by atoms with Gasteiger partial charge in [0, 0.05) is 9.58 Å². The lowest BCUT2D eigenvalue weighted by atomic mass is 10.1. The van der Waals surface area contributed by atoms with E-state index in [0.29, 0.717) is 0 Å². The lowest BCUT2D eigenvalue weighted by Crippen LogP contribution is -1.79. The molecule has 0 bridgehead atoms. The van der Waals surface area contributed by atoms with E-state index >= 15 is 0 Å². The fourth-order valence-electron chi connectivity index (χ4n) is 2.12. The van der Waals surface area contributed by atoms with Crippen molar-refractivity contribution in [2.45, 2.75) is 0 Å². The van der Waals surface area contributed by atoms with Crippen LogP contribution in [0.1, 0.15) is 5.56 Å². The van der Waals surface area contributed by atoms with Crippen molar-refractivity contribution in [1.29, 1.82) is 0 Å². The van der Waals surface area contributed by atoms with E-state index in [4.69, 9.17) is 4.74 Å². The first-order chi connectivity index (χ1) is 9.38. The van der Waals surface area contributed by atoms with Gasteiger partial charge in [0.2, 0.25) is 0 Å². The Bertz CT molecular complexity index is 692. The number of benzene rings is 2. The molecule has 0 amide bonds. The topological polar surface area (TPSA) is 9.23 Å². The highest BCUT2D eigenvalue weighted by molar-refractivity contribution is 7.22. The molecule has 0 aliphatic heterocycles. The molecule has 0 atom stereocenters. The summed E-state index contributed by atoms with van der Waals surface area (Å²) < 4.78 is 6.34. The second-order valence-electron chi connectivity index (χ2n) is 4.27. The number of hydrogen-bond donors (Lipinski definition) is 0. The van der Waals surface area contributed by atoms with E-state index in [9.17, 15) is 0 Å². The van der Waals surface area contributed by atoms with Gasteiger partial charge in [0.1, 0.15) is 0 Å². The molecule has 0 fully saturated rings. The zero-order chi connectivity index (χ0) is 13.1. The summed E-state index contributed by atoms with van der Waals surface area (Å²) in [7, 11) is 1.67. The average Bonchev–Trinajstić information content (AvgIpc) is 2.89. The van der Waals surface area contributed by atoms with Gasteiger partial charge in [-0.05, 0) is 34.7 Å².